The van der Waals surface area contributed by atoms with Gasteiger partial charge in [-0.15, -0.1) is 0 Å². The van der Waals surface area contributed by atoms with Crippen LogP contribution in [-0.2, 0) is 0 Å². The Hall–Kier alpha value is -2.24. The fraction of sp³-hybridized carbons (Fsp3) is 0.389. The molecule has 128 valence electrons. The topological polar surface area (TPSA) is 46.3 Å². The Morgan fingerprint density at radius 1 is 1.17 bits per heavy atom. The van der Waals surface area contributed by atoms with Crippen molar-refractivity contribution in [2.75, 3.05) is 12.3 Å². The minimum atomic E-state index is -4.28. The van der Waals surface area contributed by atoms with Crippen molar-refractivity contribution in [3.05, 3.63) is 42.0 Å². The molecule has 2 aromatic rings. The second kappa shape index (κ2) is 6.34. The van der Waals surface area contributed by atoms with E-state index in [4.69, 9.17) is 5.73 Å². The smallest absolute Gasteiger partial charge is 0.390 e. The highest BCUT2D eigenvalue weighted by Gasteiger charge is 2.34. The average Bonchev–Trinajstić information content (AvgIpc) is 2.47. The van der Waals surface area contributed by atoms with Crippen LogP contribution < -0.4 is 5.73 Å². The van der Waals surface area contributed by atoms with Crippen LogP contribution in [0, 0.1) is 0 Å². The van der Waals surface area contributed by atoms with Crippen LogP contribution in [0.5, 0.6) is 0 Å². The molecular formula is C18H19F3N2O. The van der Waals surface area contributed by atoms with Crippen molar-refractivity contribution in [1.82, 2.24) is 4.90 Å². The van der Waals surface area contributed by atoms with Gasteiger partial charge in [-0.3, -0.25) is 4.79 Å². The number of fused-ring (bicyclic) bond motifs is 1. The SMILES string of the molecule is Nc1cc2ccccc2cc1C(=O)N(CCC(F)(F)F)C1CCC1. The fourth-order valence-corrected chi connectivity index (χ4v) is 2.99. The maximum Gasteiger partial charge on any atom is 0.390 e. The average molecular weight is 336 g/mol. The normalized spacial score (nSPS) is 15.3. The number of anilines is 1. The number of alkyl halides is 3. The Morgan fingerprint density at radius 2 is 1.79 bits per heavy atom. The predicted octanol–water partition coefficient (Wildman–Crippen LogP) is 4.37. The summed E-state index contributed by atoms with van der Waals surface area (Å²) in [5.41, 5.74) is 6.58. The number of nitrogens with zero attached hydrogens (tertiary/aromatic N) is 1. The standard InChI is InChI=1S/C18H19F3N2O/c19-18(20,21)8-9-23(14-6-3-7-14)17(24)15-10-12-4-1-2-5-13(12)11-16(15)22/h1-2,4-5,10-11,14H,3,6-9,22H2. The number of nitrogens with two attached hydrogens (primary N) is 1. The third-order valence-corrected chi connectivity index (χ3v) is 4.56. The van der Waals surface area contributed by atoms with Gasteiger partial charge in [-0.25, -0.2) is 0 Å². The highest BCUT2D eigenvalue weighted by atomic mass is 19.4. The summed E-state index contributed by atoms with van der Waals surface area (Å²) in [5.74, 6) is -0.410. The number of carbonyl (C=O) groups excluding carboxylic acids is 1. The number of nitrogen functional groups attached to an aromatic ring is 1. The second-order valence-corrected chi connectivity index (χ2v) is 6.24. The molecule has 1 amide bonds. The minimum absolute atomic E-state index is 0.120. The molecule has 0 aliphatic heterocycles. The van der Waals surface area contributed by atoms with Crippen molar-refractivity contribution < 1.29 is 18.0 Å². The Kier molecular flexibility index (Phi) is 4.39. The molecule has 1 aliphatic rings. The van der Waals surface area contributed by atoms with E-state index in [9.17, 15) is 18.0 Å². The van der Waals surface area contributed by atoms with Crippen LogP contribution in [0.4, 0.5) is 18.9 Å². The first kappa shape index (κ1) is 16.6. The lowest BCUT2D eigenvalue weighted by Crippen LogP contribution is -2.45. The zero-order chi connectivity index (χ0) is 17.3. The number of hydrogen-bond acceptors (Lipinski definition) is 2. The molecule has 6 heteroatoms. The summed E-state index contributed by atoms with van der Waals surface area (Å²) >= 11 is 0. The highest BCUT2D eigenvalue weighted by Crippen LogP contribution is 2.31. The Balaban J connectivity index is 1.90. The molecule has 0 saturated heterocycles. The lowest BCUT2D eigenvalue weighted by atomic mass is 9.90. The Morgan fingerprint density at radius 3 is 2.33 bits per heavy atom. The number of halogens is 3. The molecule has 1 aliphatic carbocycles. The summed E-state index contributed by atoms with van der Waals surface area (Å²) < 4.78 is 37.8. The molecule has 3 nitrogen and oxygen atoms in total. The van der Waals surface area contributed by atoms with Gasteiger partial charge in [-0.05, 0) is 42.2 Å². The van der Waals surface area contributed by atoms with Gasteiger partial charge in [0.15, 0.2) is 0 Å². The van der Waals surface area contributed by atoms with Crippen LogP contribution >= 0.6 is 0 Å². The van der Waals surface area contributed by atoms with E-state index in [1.54, 1.807) is 12.1 Å². The van der Waals surface area contributed by atoms with Crippen molar-refractivity contribution >= 4 is 22.4 Å². The van der Waals surface area contributed by atoms with Gasteiger partial charge in [0.2, 0.25) is 0 Å². The zero-order valence-electron chi connectivity index (χ0n) is 13.1. The maximum absolute atomic E-state index is 12.8. The molecule has 2 N–H and O–H groups in total. The molecular weight excluding hydrogens is 317 g/mol. The third-order valence-electron chi connectivity index (χ3n) is 4.56. The van der Waals surface area contributed by atoms with Crippen LogP contribution in [0.3, 0.4) is 0 Å². The summed E-state index contributed by atoms with van der Waals surface area (Å²) in [4.78, 5) is 14.2. The third kappa shape index (κ3) is 3.47. The molecule has 0 radical (unpaired) electrons. The molecule has 0 heterocycles. The summed E-state index contributed by atoms with van der Waals surface area (Å²) in [7, 11) is 0. The Labute approximate surface area is 138 Å². The lowest BCUT2D eigenvalue weighted by molar-refractivity contribution is -0.138. The first-order valence-corrected chi connectivity index (χ1v) is 8.01. The molecule has 24 heavy (non-hydrogen) atoms. The van der Waals surface area contributed by atoms with Crippen molar-refractivity contribution in [3.63, 3.8) is 0 Å². The van der Waals surface area contributed by atoms with Gasteiger partial charge >= 0.3 is 6.18 Å². The van der Waals surface area contributed by atoms with E-state index in [1.165, 1.54) is 4.90 Å². The largest absolute Gasteiger partial charge is 0.398 e. The molecule has 0 bridgehead atoms. The van der Waals surface area contributed by atoms with Crippen molar-refractivity contribution in [1.29, 1.82) is 0 Å². The Bertz CT molecular complexity index is 754. The number of rotatable bonds is 4. The van der Waals surface area contributed by atoms with Gasteiger partial charge in [-0.2, -0.15) is 13.2 Å². The van der Waals surface area contributed by atoms with Gasteiger partial charge in [-0.1, -0.05) is 24.3 Å². The van der Waals surface area contributed by atoms with E-state index in [2.05, 4.69) is 0 Å². The van der Waals surface area contributed by atoms with E-state index < -0.39 is 18.5 Å². The molecule has 0 atom stereocenters. The molecule has 1 saturated carbocycles. The van der Waals surface area contributed by atoms with Crippen molar-refractivity contribution in [3.8, 4) is 0 Å². The van der Waals surface area contributed by atoms with Gasteiger partial charge in [0.1, 0.15) is 0 Å². The van der Waals surface area contributed by atoms with Crippen LogP contribution in [0.2, 0.25) is 0 Å². The minimum Gasteiger partial charge on any atom is -0.398 e. The second-order valence-electron chi connectivity index (χ2n) is 6.24. The van der Waals surface area contributed by atoms with E-state index in [1.807, 2.05) is 24.3 Å². The van der Waals surface area contributed by atoms with E-state index in [0.717, 1.165) is 30.0 Å². The monoisotopic (exact) mass is 336 g/mol. The van der Waals surface area contributed by atoms with Crippen LogP contribution in [0.1, 0.15) is 36.0 Å². The van der Waals surface area contributed by atoms with Crippen molar-refractivity contribution in [2.24, 2.45) is 0 Å². The maximum atomic E-state index is 12.8. The number of amides is 1. The summed E-state index contributed by atoms with van der Waals surface area (Å²) in [6.07, 6.45) is -2.85. The van der Waals surface area contributed by atoms with Gasteiger partial charge in [0, 0.05) is 18.3 Å². The first-order chi connectivity index (χ1) is 11.3. The number of benzene rings is 2. The lowest BCUT2D eigenvalue weighted by Gasteiger charge is -2.38. The summed E-state index contributed by atoms with van der Waals surface area (Å²) in [6.45, 7) is -0.320. The van der Waals surface area contributed by atoms with Crippen LogP contribution in [0.15, 0.2) is 36.4 Å². The summed E-state index contributed by atoms with van der Waals surface area (Å²) in [6, 6.07) is 10.7. The van der Waals surface area contributed by atoms with Crippen molar-refractivity contribution in [2.45, 2.75) is 37.9 Å². The zero-order valence-corrected chi connectivity index (χ0v) is 13.1. The molecule has 0 aromatic heterocycles. The highest BCUT2D eigenvalue weighted by molar-refractivity contribution is 6.04. The first-order valence-electron chi connectivity index (χ1n) is 8.01. The van der Waals surface area contributed by atoms with Crippen LogP contribution in [-0.4, -0.2) is 29.6 Å². The predicted molar refractivity (Wildman–Crippen MR) is 87.7 cm³/mol. The number of carbonyl (C=O) groups is 1. The molecule has 2 aromatic carbocycles. The van der Waals surface area contributed by atoms with Crippen LogP contribution in [0.25, 0.3) is 10.8 Å². The van der Waals surface area contributed by atoms with E-state index in [0.29, 0.717) is 5.69 Å². The van der Waals surface area contributed by atoms with Gasteiger partial charge in [0.25, 0.3) is 5.91 Å². The van der Waals surface area contributed by atoms with E-state index in [-0.39, 0.29) is 18.2 Å². The van der Waals surface area contributed by atoms with Gasteiger partial charge < -0.3 is 10.6 Å². The fourth-order valence-electron chi connectivity index (χ4n) is 2.99. The van der Waals surface area contributed by atoms with Gasteiger partial charge in [0.05, 0.1) is 12.0 Å². The quantitative estimate of drug-likeness (QED) is 0.843. The molecule has 3 rings (SSSR count). The summed E-state index contributed by atoms with van der Waals surface area (Å²) in [5, 5.41) is 1.75. The molecule has 0 spiro atoms. The molecule has 1 fully saturated rings. The number of hydrogen-bond donors (Lipinski definition) is 1. The van der Waals surface area contributed by atoms with E-state index >= 15 is 0 Å². The molecule has 0 unspecified atom stereocenters.